The molecule has 8 aromatic rings. The Morgan fingerprint density at radius 2 is 1.20 bits per heavy atom. The standard InChI is InChI=1S/C46H33N2OP/c1-2-44-47-40-23-14-24-43-45(40)48(44)41-30-32(26-28-42(41)50(43,49)35-19-10-5-11-20-35)31-25-27-37-36-21-12-13-22-38(36)46(39(37)29-31,33-15-6-3-7-16-33)34-17-8-4-9-18-34/h3-30H,2H2,1H3. The summed E-state index contributed by atoms with van der Waals surface area (Å²) in [6.07, 6.45) is 0.765. The summed E-state index contributed by atoms with van der Waals surface area (Å²) in [6.45, 7) is 2.14. The highest BCUT2D eigenvalue weighted by atomic mass is 31.2. The fraction of sp³-hybridized carbons (Fsp3) is 0.0652. The number of benzene rings is 7. The SMILES string of the molecule is CCc1nc2cccc3c2n1-c1cc(-c2ccc4c(c2)C(c2ccccc2)(c2ccccc2)c2ccccc2-4)ccc1P3(=O)c1ccccc1. The first-order valence-electron chi connectivity index (χ1n) is 17.3. The Hall–Kier alpha value is -5.76. The molecule has 0 fully saturated rings. The summed E-state index contributed by atoms with van der Waals surface area (Å²) >= 11 is 0. The lowest BCUT2D eigenvalue weighted by molar-refractivity contribution is 0.592. The van der Waals surface area contributed by atoms with Crippen LogP contribution in [0, 0.1) is 0 Å². The van der Waals surface area contributed by atoms with Crippen LogP contribution in [0.4, 0.5) is 0 Å². The summed E-state index contributed by atoms with van der Waals surface area (Å²) in [6, 6.07) is 60.2. The minimum Gasteiger partial charge on any atom is -0.308 e. The van der Waals surface area contributed by atoms with Crippen molar-refractivity contribution in [3.63, 3.8) is 0 Å². The Kier molecular flexibility index (Phi) is 6.35. The lowest BCUT2D eigenvalue weighted by Crippen LogP contribution is -2.33. The van der Waals surface area contributed by atoms with E-state index < -0.39 is 12.6 Å². The van der Waals surface area contributed by atoms with E-state index in [0.717, 1.165) is 56.0 Å². The second-order valence-corrected chi connectivity index (χ2v) is 16.0. The number of hydrogen-bond acceptors (Lipinski definition) is 2. The molecule has 1 atom stereocenters. The van der Waals surface area contributed by atoms with Crippen LogP contribution in [0.2, 0.25) is 0 Å². The van der Waals surface area contributed by atoms with Crippen LogP contribution in [-0.2, 0) is 16.4 Å². The Bertz CT molecular complexity index is 2620. The molecule has 1 unspecified atom stereocenters. The highest BCUT2D eigenvalue weighted by molar-refractivity contribution is 7.86. The zero-order valence-corrected chi connectivity index (χ0v) is 28.5. The molecule has 1 aliphatic carbocycles. The molecule has 0 radical (unpaired) electrons. The van der Waals surface area contributed by atoms with Crippen LogP contribution < -0.4 is 15.9 Å². The fourth-order valence-electron chi connectivity index (χ4n) is 8.73. The largest absolute Gasteiger partial charge is 0.308 e. The van der Waals surface area contributed by atoms with Gasteiger partial charge in [0, 0.05) is 22.3 Å². The lowest BCUT2D eigenvalue weighted by atomic mass is 9.67. The van der Waals surface area contributed by atoms with Crippen LogP contribution in [0.15, 0.2) is 170 Å². The van der Waals surface area contributed by atoms with E-state index >= 15 is 4.57 Å². The third kappa shape index (κ3) is 3.81. The van der Waals surface area contributed by atoms with Gasteiger partial charge in [0.25, 0.3) is 0 Å². The highest BCUT2D eigenvalue weighted by Crippen LogP contribution is 2.57. The van der Waals surface area contributed by atoms with E-state index in [4.69, 9.17) is 4.98 Å². The predicted molar refractivity (Wildman–Crippen MR) is 206 cm³/mol. The average molecular weight is 661 g/mol. The van der Waals surface area contributed by atoms with Gasteiger partial charge in [0.05, 0.1) is 22.1 Å². The summed E-state index contributed by atoms with van der Waals surface area (Å²) in [5.41, 5.74) is 12.1. The van der Waals surface area contributed by atoms with E-state index in [9.17, 15) is 0 Å². The van der Waals surface area contributed by atoms with Gasteiger partial charge in [-0.2, -0.15) is 0 Å². The van der Waals surface area contributed by atoms with Crippen molar-refractivity contribution in [2.45, 2.75) is 18.8 Å². The van der Waals surface area contributed by atoms with Gasteiger partial charge in [-0.1, -0.05) is 146 Å². The number of fused-ring (bicyclic) bond motifs is 5. The predicted octanol–water partition coefficient (Wildman–Crippen LogP) is 9.57. The Balaban J connectivity index is 1.25. The van der Waals surface area contributed by atoms with Crippen molar-refractivity contribution in [2.24, 2.45) is 0 Å². The van der Waals surface area contributed by atoms with E-state index in [-0.39, 0.29) is 0 Å². The average Bonchev–Trinajstić information content (AvgIpc) is 3.72. The number of rotatable bonds is 5. The number of para-hydroxylation sites is 1. The van der Waals surface area contributed by atoms with Crippen molar-refractivity contribution in [1.82, 2.24) is 9.55 Å². The minimum absolute atomic E-state index is 0.480. The van der Waals surface area contributed by atoms with Gasteiger partial charge in [0.1, 0.15) is 5.82 Å². The molecule has 0 amide bonds. The van der Waals surface area contributed by atoms with Gasteiger partial charge in [0.2, 0.25) is 0 Å². The number of aryl methyl sites for hydroxylation is 1. The summed E-state index contributed by atoms with van der Waals surface area (Å²) in [7, 11) is -3.19. The van der Waals surface area contributed by atoms with Gasteiger partial charge in [-0.05, 0) is 74.8 Å². The van der Waals surface area contributed by atoms with Crippen LogP contribution in [-0.4, -0.2) is 9.55 Å². The molecule has 0 spiro atoms. The number of aromatic nitrogens is 2. The number of hydrogen-bond donors (Lipinski definition) is 0. The Morgan fingerprint density at radius 1 is 0.580 bits per heavy atom. The van der Waals surface area contributed by atoms with Gasteiger partial charge in [0.15, 0.2) is 7.14 Å². The monoisotopic (exact) mass is 660 g/mol. The molecule has 2 aliphatic rings. The zero-order chi connectivity index (χ0) is 33.5. The van der Waals surface area contributed by atoms with Crippen molar-refractivity contribution in [1.29, 1.82) is 0 Å². The van der Waals surface area contributed by atoms with E-state index in [2.05, 4.69) is 133 Å². The van der Waals surface area contributed by atoms with Crippen LogP contribution in [0.3, 0.4) is 0 Å². The Labute approximate surface area is 291 Å². The molecule has 10 rings (SSSR count). The Morgan fingerprint density at radius 3 is 1.92 bits per heavy atom. The van der Waals surface area contributed by atoms with Crippen molar-refractivity contribution in [3.8, 4) is 27.9 Å². The molecule has 7 aromatic carbocycles. The third-order valence-electron chi connectivity index (χ3n) is 10.8. The molecule has 50 heavy (non-hydrogen) atoms. The third-order valence-corrected chi connectivity index (χ3v) is 14.0. The first-order valence-corrected chi connectivity index (χ1v) is 19.0. The molecule has 0 saturated carbocycles. The summed E-state index contributed by atoms with van der Waals surface area (Å²) < 4.78 is 17.9. The maximum absolute atomic E-state index is 15.6. The highest BCUT2D eigenvalue weighted by Gasteiger charge is 2.46. The molecular weight excluding hydrogens is 627 g/mol. The van der Waals surface area contributed by atoms with Crippen molar-refractivity contribution in [2.75, 3.05) is 0 Å². The normalized spacial score (nSPS) is 16.5. The maximum atomic E-state index is 15.6. The van der Waals surface area contributed by atoms with Crippen LogP contribution >= 0.6 is 7.14 Å². The van der Waals surface area contributed by atoms with Crippen molar-refractivity contribution >= 4 is 34.1 Å². The fourth-order valence-corrected chi connectivity index (χ4v) is 11.7. The van der Waals surface area contributed by atoms with Crippen LogP contribution in [0.5, 0.6) is 0 Å². The molecule has 3 nitrogen and oxygen atoms in total. The number of nitrogens with zero attached hydrogens (tertiary/aromatic N) is 2. The molecule has 1 aliphatic heterocycles. The minimum atomic E-state index is -3.19. The smallest absolute Gasteiger partial charge is 0.175 e. The van der Waals surface area contributed by atoms with Crippen LogP contribution in [0.1, 0.15) is 35.0 Å². The number of imidazole rings is 1. The molecule has 0 saturated heterocycles. The molecule has 4 heteroatoms. The molecular formula is C46H33N2OP. The lowest BCUT2D eigenvalue weighted by Gasteiger charge is -2.34. The first-order chi connectivity index (χ1) is 24.6. The summed E-state index contributed by atoms with van der Waals surface area (Å²) in [5, 5.41) is 2.56. The van der Waals surface area contributed by atoms with Gasteiger partial charge in [-0.15, -0.1) is 0 Å². The van der Waals surface area contributed by atoms with Gasteiger partial charge in [-0.25, -0.2) is 4.98 Å². The van der Waals surface area contributed by atoms with Crippen molar-refractivity contribution in [3.05, 3.63) is 198 Å². The van der Waals surface area contributed by atoms with Gasteiger partial charge < -0.3 is 4.57 Å². The topological polar surface area (TPSA) is 34.9 Å². The quantitative estimate of drug-likeness (QED) is 0.172. The van der Waals surface area contributed by atoms with E-state index in [1.165, 1.54) is 33.4 Å². The first kappa shape index (κ1) is 29.2. The molecule has 1 aromatic heterocycles. The second-order valence-electron chi connectivity index (χ2n) is 13.3. The molecule has 2 heterocycles. The second kappa shape index (κ2) is 10.9. The van der Waals surface area contributed by atoms with Crippen molar-refractivity contribution < 1.29 is 4.57 Å². The maximum Gasteiger partial charge on any atom is 0.175 e. The van der Waals surface area contributed by atoms with E-state index in [0.29, 0.717) is 0 Å². The molecule has 238 valence electrons. The van der Waals surface area contributed by atoms with Crippen LogP contribution in [0.25, 0.3) is 39.0 Å². The molecule has 0 N–H and O–H groups in total. The summed E-state index contributed by atoms with van der Waals surface area (Å²) in [4.78, 5) is 5.06. The molecule has 0 bridgehead atoms. The van der Waals surface area contributed by atoms with Gasteiger partial charge >= 0.3 is 0 Å². The zero-order valence-electron chi connectivity index (χ0n) is 27.6. The summed E-state index contributed by atoms with van der Waals surface area (Å²) in [5.74, 6) is 0.974. The van der Waals surface area contributed by atoms with Gasteiger partial charge in [-0.3, -0.25) is 4.57 Å². The van der Waals surface area contributed by atoms with E-state index in [1.54, 1.807) is 0 Å². The van der Waals surface area contributed by atoms with E-state index in [1.807, 2.05) is 48.5 Å².